The van der Waals surface area contributed by atoms with E-state index in [0.29, 0.717) is 17.1 Å². The van der Waals surface area contributed by atoms with Gasteiger partial charge in [-0.2, -0.15) is 0 Å². The number of benzene rings is 2. The number of hydrogen-bond acceptors (Lipinski definition) is 5. The number of carbonyl (C=O) groups excluding carboxylic acids is 1. The fourth-order valence-corrected chi connectivity index (χ4v) is 4.49. The molecule has 0 saturated heterocycles. The molecule has 1 N–H and O–H groups in total. The number of sulfone groups is 1. The van der Waals surface area contributed by atoms with Gasteiger partial charge in [0.1, 0.15) is 17.3 Å². The normalized spacial score (nSPS) is 14.0. The first-order chi connectivity index (χ1) is 17.2. The molecule has 6 heteroatoms. The summed E-state index contributed by atoms with van der Waals surface area (Å²) in [7, 11) is -3.67. The lowest BCUT2D eigenvalue weighted by Gasteiger charge is -2.09. The lowest BCUT2D eigenvalue weighted by atomic mass is 10.0. The molecule has 0 aliphatic carbocycles. The highest BCUT2D eigenvalue weighted by Gasteiger charge is 2.18. The molecular formula is C30H32O5S. The van der Waals surface area contributed by atoms with Gasteiger partial charge >= 0.3 is 0 Å². The Bertz CT molecular complexity index is 1370. The first kappa shape index (κ1) is 28.3. The van der Waals surface area contributed by atoms with Gasteiger partial charge in [0.05, 0.1) is 15.4 Å². The highest BCUT2D eigenvalue weighted by atomic mass is 32.2. The van der Waals surface area contributed by atoms with Crippen LogP contribution in [0.1, 0.15) is 43.6 Å². The van der Waals surface area contributed by atoms with Gasteiger partial charge in [-0.1, -0.05) is 42.0 Å². The SMILES string of the molecule is C\C=C(/C=C\C(=C/C)C(=O)c1ccccc1O)OC(/C=C\C(=C/C)S(=O)(=O)c1ccc(C)cc1)=C/C. The number of hydrogen-bond donors (Lipinski definition) is 1. The molecule has 0 fully saturated rings. The van der Waals surface area contributed by atoms with Crippen molar-refractivity contribution < 1.29 is 23.1 Å². The first-order valence-electron chi connectivity index (χ1n) is 11.5. The largest absolute Gasteiger partial charge is 0.507 e. The van der Waals surface area contributed by atoms with E-state index in [1.54, 1.807) is 113 Å². The Balaban J connectivity index is 2.19. The van der Waals surface area contributed by atoms with Crippen LogP contribution in [0, 0.1) is 6.92 Å². The summed E-state index contributed by atoms with van der Waals surface area (Å²) in [6, 6.07) is 13.1. The smallest absolute Gasteiger partial charge is 0.206 e. The second-order valence-electron chi connectivity index (χ2n) is 7.75. The molecule has 0 atom stereocenters. The predicted molar refractivity (Wildman–Crippen MR) is 145 cm³/mol. The van der Waals surface area contributed by atoms with Crippen molar-refractivity contribution in [2.45, 2.75) is 39.5 Å². The van der Waals surface area contributed by atoms with Crippen molar-refractivity contribution in [1.82, 2.24) is 0 Å². The van der Waals surface area contributed by atoms with E-state index in [0.717, 1.165) is 5.56 Å². The van der Waals surface area contributed by atoms with Gasteiger partial charge in [-0.15, -0.1) is 0 Å². The van der Waals surface area contributed by atoms with Gasteiger partial charge in [0.25, 0.3) is 0 Å². The number of Topliss-reactive ketones (excluding diaryl/α,β-unsaturated/α-hetero) is 1. The van der Waals surface area contributed by atoms with E-state index in [4.69, 9.17) is 4.74 Å². The van der Waals surface area contributed by atoms with E-state index in [1.807, 2.05) is 6.92 Å². The highest BCUT2D eigenvalue weighted by molar-refractivity contribution is 7.95. The number of ketones is 1. The molecule has 0 aliphatic heterocycles. The molecule has 2 rings (SSSR count). The zero-order chi connectivity index (χ0) is 26.7. The summed E-state index contributed by atoms with van der Waals surface area (Å²) in [5.41, 5.74) is 1.58. The number of allylic oxidation sites excluding steroid dienone is 9. The van der Waals surface area contributed by atoms with Gasteiger partial charge < -0.3 is 9.84 Å². The Morgan fingerprint density at radius 2 is 1.36 bits per heavy atom. The standard InChI is InChI=1S/C30H32O5S/c1-6-23(30(32)28-12-10-11-13-29(28)31)16-17-24(7-2)35-25(8-3)18-21-26(9-4)36(33,34)27-19-14-22(5)15-20-27/h6-21,31H,1-5H3/b17-16-,21-18-,23-6+,24-7+,25-8+,26-9+. The summed E-state index contributed by atoms with van der Waals surface area (Å²) in [6.07, 6.45) is 13.0. The highest BCUT2D eigenvalue weighted by Crippen LogP contribution is 2.23. The summed E-state index contributed by atoms with van der Waals surface area (Å²) in [5, 5.41) is 10.00. The minimum absolute atomic E-state index is 0.0838. The van der Waals surface area contributed by atoms with Crippen LogP contribution in [0.25, 0.3) is 0 Å². The molecule has 0 saturated carbocycles. The summed E-state index contributed by atoms with van der Waals surface area (Å²) in [6.45, 7) is 8.87. The topological polar surface area (TPSA) is 80.7 Å². The van der Waals surface area contributed by atoms with Crippen LogP contribution in [0.3, 0.4) is 0 Å². The molecule has 0 bridgehead atoms. The van der Waals surface area contributed by atoms with Crippen molar-refractivity contribution in [3.05, 3.63) is 130 Å². The number of ether oxygens (including phenoxy) is 1. The predicted octanol–water partition coefficient (Wildman–Crippen LogP) is 7.14. The van der Waals surface area contributed by atoms with Crippen molar-refractivity contribution in [1.29, 1.82) is 0 Å². The molecule has 188 valence electrons. The van der Waals surface area contributed by atoms with Crippen LogP contribution in [-0.2, 0) is 14.6 Å². The number of phenolic OH excluding ortho intramolecular Hbond substituents is 1. The summed E-state index contributed by atoms with van der Waals surface area (Å²) in [4.78, 5) is 13.2. The fourth-order valence-electron chi connectivity index (χ4n) is 3.17. The molecule has 2 aromatic carbocycles. The molecule has 0 radical (unpaired) electrons. The van der Waals surface area contributed by atoms with Crippen molar-refractivity contribution in [3.63, 3.8) is 0 Å². The van der Waals surface area contributed by atoms with Crippen LogP contribution in [0.15, 0.2) is 124 Å². The van der Waals surface area contributed by atoms with Crippen LogP contribution in [0.4, 0.5) is 0 Å². The minimum atomic E-state index is -3.67. The van der Waals surface area contributed by atoms with Gasteiger partial charge in [-0.05, 0) is 95.3 Å². The van der Waals surface area contributed by atoms with E-state index < -0.39 is 9.84 Å². The Morgan fingerprint density at radius 1 is 0.778 bits per heavy atom. The number of carbonyl (C=O) groups is 1. The average molecular weight is 505 g/mol. The fraction of sp³-hybridized carbons (Fsp3) is 0.167. The molecule has 0 spiro atoms. The van der Waals surface area contributed by atoms with Crippen molar-refractivity contribution in [2.24, 2.45) is 0 Å². The van der Waals surface area contributed by atoms with E-state index in [2.05, 4.69) is 0 Å². The molecule has 2 aromatic rings. The van der Waals surface area contributed by atoms with Gasteiger partial charge in [0.15, 0.2) is 5.78 Å². The maximum absolute atomic E-state index is 13.0. The van der Waals surface area contributed by atoms with Gasteiger partial charge in [0, 0.05) is 5.57 Å². The lowest BCUT2D eigenvalue weighted by molar-refractivity contribution is 0.103. The average Bonchev–Trinajstić information content (AvgIpc) is 2.87. The molecule has 0 amide bonds. The maximum Gasteiger partial charge on any atom is 0.206 e. The Hall–Kier alpha value is -3.90. The van der Waals surface area contributed by atoms with E-state index in [1.165, 1.54) is 12.1 Å². The maximum atomic E-state index is 13.0. The lowest BCUT2D eigenvalue weighted by Crippen LogP contribution is -2.03. The molecular weight excluding hydrogens is 472 g/mol. The summed E-state index contributed by atoms with van der Waals surface area (Å²) >= 11 is 0. The van der Waals surface area contributed by atoms with Gasteiger partial charge in [-0.25, -0.2) is 8.42 Å². The minimum Gasteiger partial charge on any atom is -0.507 e. The Labute approximate surface area is 214 Å². The molecule has 36 heavy (non-hydrogen) atoms. The zero-order valence-electron chi connectivity index (χ0n) is 21.2. The molecule has 0 aromatic heterocycles. The number of rotatable bonds is 10. The van der Waals surface area contributed by atoms with Crippen molar-refractivity contribution in [3.8, 4) is 5.75 Å². The third-order valence-electron chi connectivity index (χ3n) is 5.29. The Kier molecular flexibility index (Phi) is 10.4. The third kappa shape index (κ3) is 7.30. The number of para-hydroxylation sites is 1. The van der Waals surface area contributed by atoms with Gasteiger partial charge in [-0.3, -0.25) is 4.79 Å². The number of phenols is 1. The first-order valence-corrected chi connectivity index (χ1v) is 13.0. The van der Waals surface area contributed by atoms with Crippen LogP contribution in [-0.4, -0.2) is 19.3 Å². The third-order valence-corrected chi connectivity index (χ3v) is 7.18. The summed E-state index contributed by atoms with van der Waals surface area (Å²) < 4.78 is 31.9. The molecule has 0 aliphatic rings. The van der Waals surface area contributed by atoms with Crippen LogP contribution in [0.2, 0.25) is 0 Å². The quantitative estimate of drug-likeness (QED) is 0.161. The molecule has 5 nitrogen and oxygen atoms in total. The zero-order valence-corrected chi connectivity index (χ0v) is 22.0. The van der Waals surface area contributed by atoms with E-state index >= 15 is 0 Å². The van der Waals surface area contributed by atoms with E-state index in [9.17, 15) is 18.3 Å². The Morgan fingerprint density at radius 3 is 1.89 bits per heavy atom. The second kappa shape index (κ2) is 13.3. The van der Waals surface area contributed by atoms with Crippen LogP contribution < -0.4 is 0 Å². The van der Waals surface area contributed by atoms with Crippen molar-refractivity contribution in [2.75, 3.05) is 0 Å². The van der Waals surface area contributed by atoms with Crippen LogP contribution in [0.5, 0.6) is 5.75 Å². The molecule has 0 unspecified atom stereocenters. The number of aromatic hydroxyl groups is 1. The summed E-state index contributed by atoms with van der Waals surface area (Å²) in [5.74, 6) is 0.493. The molecule has 0 heterocycles. The van der Waals surface area contributed by atoms with Crippen LogP contribution >= 0.6 is 0 Å². The number of aryl methyl sites for hydroxylation is 1. The monoisotopic (exact) mass is 504 g/mol. The second-order valence-corrected chi connectivity index (χ2v) is 9.70. The van der Waals surface area contributed by atoms with Crippen molar-refractivity contribution >= 4 is 15.6 Å². The van der Waals surface area contributed by atoms with Gasteiger partial charge in [0.2, 0.25) is 9.84 Å². The van der Waals surface area contributed by atoms with E-state index in [-0.39, 0.29) is 26.9 Å².